The lowest BCUT2D eigenvalue weighted by Crippen LogP contribution is -2.17. The predicted octanol–water partition coefficient (Wildman–Crippen LogP) is 3.34. The number of hydrogen-bond acceptors (Lipinski definition) is 2. The Morgan fingerprint density at radius 1 is 1.41 bits per heavy atom. The summed E-state index contributed by atoms with van der Waals surface area (Å²) < 4.78 is 7.59. The fraction of sp³-hybridized carbons (Fsp3) is 0.429. The molecule has 0 saturated carbocycles. The predicted molar refractivity (Wildman–Crippen MR) is 68.7 cm³/mol. The monoisotopic (exact) mass is 232 g/mol. The maximum Gasteiger partial charge on any atom is 0.120 e. The number of nitrogens with one attached hydrogen (secondary N) is 1. The SMILES string of the molecule is CCCn1ccc(CN[C@H](C)c2ccco2)c1. The summed E-state index contributed by atoms with van der Waals surface area (Å²) in [6.07, 6.45) is 7.22. The van der Waals surface area contributed by atoms with E-state index in [0.29, 0.717) is 0 Å². The molecule has 17 heavy (non-hydrogen) atoms. The van der Waals surface area contributed by atoms with Crippen LogP contribution in [0.1, 0.15) is 37.6 Å². The van der Waals surface area contributed by atoms with Gasteiger partial charge in [0.1, 0.15) is 5.76 Å². The van der Waals surface area contributed by atoms with Crippen LogP contribution in [0.3, 0.4) is 0 Å². The van der Waals surface area contributed by atoms with Gasteiger partial charge >= 0.3 is 0 Å². The van der Waals surface area contributed by atoms with E-state index in [0.717, 1.165) is 18.8 Å². The van der Waals surface area contributed by atoms with Gasteiger partial charge in [0.15, 0.2) is 0 Å². The topological polar surface area (TPSA) is 30.1 Å². The molecule has 3 heteroatoms. The van der Waals surface area contributed by atoms with Crippen molar-refractivity contribution in [2.45, 2.75) is 39.4 Å². The zero-order chi connectivity index (χ0) is 12.1. The normalized spacial score (nSPS) is 12.8. The standard InChI is InChI=1S/C14H20N2O/c1-3-7-16-8-6-13(11-16)10-15-12(2)14-5-4-9-17-14/h4-6,8-9,11-12,15H,3,7,10H2,1-2H3/t12-/m1/s1. The van der Waals surface area contributed by atoms with Crippen LogP contribution in [0.5, 0.6) is 0 Å². The molecule has 2 rings (SSSR count). The van der Waals surface area contributed by atoms with Gasteiger partial charge in [-0.2, -0.15) is 0 Å². The Balaban J connectivity index is 1.84. The van der Waals surface area contributed by atoms with Crippen molar-refractivity contribution < 1.29 is 4.42 Å². The first kappa shape index (κ1) is 12.0. The Kier molecular flexibility index (Phi) is 4.04. The molecule has 92 valence electrons. The third-order valence-corrected chi connectivity index (χ3v) is 2.88. The average molecular weight is 232 g/mol. The van der Waals surface area contributed by atoms with Crippen LogP contribution in [-0.2, 0) is 13.1 Å². The molecule has 0 saturated heterocycles. The highest BCUT2D eigenvalue weighted by atomic mass is 16.3. The molecular formula is C14H20N2O. The Bertz CT molecular complexity index is 431. The lowest BCUT2D eigenvalue weighted by atomic mass is 10.2. The number of hydrogen-bond donors (Lipinski definition) is 1. The molecule has 2 heterocycles. The molecule has 0 aliphatic rings. The molecule has 0 spiro atoms. The van der Waals surface area contributed by atoms with Crippen molar-refractivity contribution in [3.8, 4) is 0 Å². The molecule has 2 aromatic rings. The first-order valence-electron chi connectivity index (χ1n) is 6.21. The molecule has 0 aliphatic heterocycles. The molecule has 0 bridgehead atoms. The molecule has 1 atom stereocenters. The smallest absolute Gasteiger partial charge is 0.120 e. The van der Waals surface area contributed by atoms with E-state index < -0.39 is 0 Å². The summed E-state index contributed by atoms with van der Waals surface area (Å²) in [6, 6.07) is 6.34. The van der Waals surface area contributed by atoms with Crippen LogP contribution >= 0.6 is 0 Å². The number of nitrogens with zero attached hydrogens (tertiary/aromatic N) is 1. The van der Waals surface area contributed by atoms with Crippen LogP contribution in [0.25, 0.3) is 0 Å². The average Bonchev–Trinajstić information content (AvgIpc) is 2.97. The summed E-state index contributed by atoms with van der Waals surface area (Å²) in [4.78, 5) is 0. The molecule has 3 nitrogen and oxygen atoms in total. The molecule has 0 amide bonds. The maximum atomic E-state index is 5.36. The molecular weight excluding hydrogens is 212 g/mol. The van der Waals surface area contributed by atoms with Gasteiger partial charge in [-0.1, -0.05) is 6.92 Å². The van der Waals surface area contributed by atoms with Gasteiger partial charge in [0.25, 0.3) is 0 Å². The van der Waals surface area contributed by atoms with Gasteiger partial charge in [0.05, 0.1) is 12.3 Å². The van der Waals surface area contributed by atoms with Gasteiger partial charge in [-0.3, -0.25) is 0 Å². The Morgan fingerprint density at radius 2 is 2.29 bits per heavy atom. The van der Waals surface area contributed by atoms with E-state index in [1.165, 1.54) is 12.0 Å². The minimum absolute atomic E-state index is 0.250. The zero-order valence-corrected chi connectivity index (χ0v) is 10.5. The van der Waals surface area contributed by atoms with E-state index >= 15 is 0 Å². The number of aromatic nitrogens is 1. The summed E-state index contributed by atoms with van der Waals surface area (Å²) in [5.74, 6) is 0.984. The quantitative estimate of drug-likeness (QED) is 0.828. The van der Waals surface area contributed by atoms with Crippen molar-refractivity contribution in [1.29, 1.82) is 0 Å². The summed E-state index contributed by atoms with van der Waals surface area (Å²) in [5.41, 5.74) is 1.32. The largest absolute Gasteiger partial charge is 0.468 e. The van der Waals surface area contributed by atoms with Crippen LogP contribution in [0.2, 0.25) is 0 Å². The van der Waals surface area contributed by atoms with Crippen molar-refractivity contribution in [1.82, 2.24) is 9.88 Å². The molecule has 0 fully saturated rings. The van der Waals surface area contributed by atoms with Crippen molar-refractivity contribution in [3.63, 3.8) is 0 Å². The molecule has 0 aliphatic carbocycles. The first-order chi connectivity index (χ1) is 8.29. The maximum absolute atomic E-state index is 5.36. The van der Waals surface area contributed by atoms with E-state index in [1.54, 1.807) is 6.26 Å². The van der Waals surface area contributed by atoms with Crippen molar-refractivity contribution in [2.75, 3.05) is 0 Å². The van der Waals surface area contributed by atoms with Crippen LogP contribution < -0.4 is 5.32 Å². The summed E-state index contributed by atoms with van der Waals surface area (Å²) >= 11 is 0. The fourth-order valence-corrected chi connectivity index (χ4v) is 1.90. The third-order valence-electron chi connectivity index (χ3n) is 2.88. The van der Waals surface area contributed by atoms with Gasteiger partial charge in [-0.25, -0.2) is 0 Å². The lowest BCUT2D eigenvalue weighted by molar-refractivity contribution is 0.430. The second-order valence-corrected chi connectivity index (χ2v) is 4.38. The molecule has 1 N–H and O–H groups in total. The summed E-state index contributed by atoms with van der Waals surface area (Å²) in [7, 11) is 0. The van der Waals surface area contributed by atoms with Crippen molar-refractivity contribution in [2.24, 2.45) is 0 Å². The Hall–Kier alpha value is -1.48. The van der Waals surface area contributed by atoms with Gasteiger partial charge < -0.3 is 14.3 Å². The Labute approximate surface area is 102 Å². The number of rotatable bonds is 6. The second-order valence-electron chi connectivity index (χ2n) is 4.38. The van der Waals surface area contributed by atoms with E-state index in [-0.39, 0.29) is 6.04 Å². The highest BCUT2D eigenvalue weighted by Crippen LogP contribution is 2.13. The minimum Gasteiger partial charge on any atom is -0.468 e. The number of aryl methyl sites for hydroxylation is 1. The van der Waals surface area contributed by atoms with Crippen LogP contribution in [0, 0.1) is 0 Å². The molecule has 0 aromatic carbocycles. The van der Waals surface area contributed by atoms with E-state index in [1.807, 2.05) is 12.1 Å². The van der Waals surface area contributed by atoms with Gasteiger partial charge in [0.2, 0.25) is 0 Å². The Morgan fingerprint density at radius 3 is 3.00 bits per heavy atom. The van der Waals surface area contributed by atoms with Crippen LogP contribution in [0.4, 0.5) is 0 Å². The minimum atomic E-state index is 0.250. The lowest BCUT2D eigenvalue weighted by Gasteiger charge is -2.10. The van der Waals surface area contributed by atoms with Crippen molar-refractivity contribution >= 4 is 0 Å². The number of furan rings is 1. The van der Waals surface area contributed by atoms with E-state index in [9.17, 15) is 0 Å². The van der Waals surface area contributed by atoms with Crippen LogP contribution in [-0.4, -0.2) is 4.57 Å². The molecule has 0 radical (unpaired) electrons. The van der Waals surface area contributed by atoms with Crippen LogP contribution in [0.15, 0.2) is 41.3 Å². The first-order valence-corrected chi connectivity index (χ1v) is 6.21. The van der Waals surface area contributed by atoms with E-state index in [4.69, 9.17) is 4.42 Å². The fourth-order valence-electron chi connectivity index (χ4n) is 1.90. The van der Waals surface area contributed by atoms with Gasteiger partial charge in [-0.15, -0.1) is 0 Å². The van der Waals surface area contributed by atoms with Gasteiger partial charge in [0, 0.05) is 25.5 Å². The highest BCUT2D eigenvalue weighted by molar-refractivity contribution is 5.11. The van der Waals surface area contributed by atoms with Gasteiger partial charge in [-0.05, 0) is 37.1 Å². The highest BCUT2D eigenvalue weighted by Gasteiger charge is 2.07. The third kappa shape index (κ3) is 3.24. The van der Waals surface area contributed by atoms with E-state index in [2.05, 4.69) is 42.2 Å². The summed E-state index contributed by atoms with van der Waals surface area (Å²) in [6.45, 7) is 6.27. The second kappa shape index (κ2) is 5.73. The summed E-state index contributed by atoms with van der Waals surface area (Å²) in [5, 5.41) is 3.45. The molecule has 0 unspecified atom stereocenters. The zero-order valence-electron chi connectivity index (χ0n) is 10.5. The van der Waals surface area contributed by atoms with Crippen molar-refractivity contribution in [3.05, 3.63) is 48.2 Å². The molecule has 2 aromatic heterocycles.